The molecular weight excluding hydrogens is 292 g/mol. The van der Waals surface area contributed by atoms with Crippen LogP contribution in [0, 0.1) is 0 Å². The number of hydrogen-bond donors (Lipinski definition) is 2. The Hall–Kier alpha value is -1.15. The summed E-state index contributed by atoms with van der Waals surface area (Å²) in [5, 5.41) is 3.12. The lowest BCUT2D eigenvalue weighted by atomic mass is 10.3. The first-order valence-corrected chi connectivity index (χ1v) is 8.42. The van der Waals surface area contributed by atoms with Gasteiger partial charge in [-0.2, -0.15) is 0 Å². The highest BCUT2D eigenvalue weighted by Gasteiger charge is 2.29. The van der Waals surface area contributed by atoms with Gasteiger partial charge < -0.3 is 14.8 Å². The average molecular weight is 314 g/mol. The third-order valence-corrected chi connectivity index (χ3v) is 4.86. The number of nitrogens with one attached hydrogen (secondary N) is 2. The highest BCUT2D eigenvalue weighted by molar-refractivity contribution is 7.89. The number of anilines is 1. The molecule has 0 bridgehead atoms. The van der Waals surface area contributed by atoms with Crippen LogP contribution >= 0.6 is 0 Å². The average Bonchev–Trinajstić information content (AvgIpc) is 3.27. The van der Waals surface area contributed by atoms with Gasteiger partial charge in [-0.25, -0.2) is 13.1 Å². The van der Waals surface area contributed by atoms with Gasteiger partial charge in [-0.3, -0.25) is 0 Å². The Morgan fingerprint density at radius 3 is 2.62 bits per heavy atom. The Labute approximate surface area is 125 Å². The van der Waals surface area contributed by atoms with Crippen LogP contribution in [-0.4, -0.2) is 47.9 Å². The van der Waals surface area contributed by atoms with E-state index in [9.17, 15) is 8.42 Å². The van der Waals surface area contributed by atoms with E-state index in [4.69, 9.17) is 9.47 Å². The van der Waals surface area contributed by atoms with E-state index in [0.717, 1.165) is 12.8 Å². The number of ether oxygens (including phenoxy) is 2. The minimum atomic E-state index is -3.48. The lowest BCUT2D eigenvalue weighted by molar-refractivity contribution is 0.0365. The van der Waals surface area contributed by atoms with Crippen LogP contribution in [0.2, 0.25) is 0 Å². The number of hydrogen-bond acceptors (Lipinski definition) is 5. The van der Waals surface area contributed by atoms with Crippen LogP contribution in [0.3, 0.4) is 0 Å². The van der Waals surface area contributed by atoms with E-state index < -0.39 is 10.0 Å². The normalized spacial score (nSPS) is 16.7. The van der Waals surface area contributed by atoms with Gasteiger partial charge >= 0.3 is 0 Å². The van der Waals surface area contributed by atoms with Crippen LogP contribution in [0.15, 0.2) is 29.2 Å². The van der Waals surface area contributed by atoms with E-state index in [2.05, 4.69) is 10.0 Å². The van der Waals surface area contributed by atoms with E-state index in [1.807, 2.05) is 0 Å². The van der Waals surface area contributed by atoms with Crippen molar-refractivity contribution in [3.05, 3.63) is 24.3 Å². The summed E-state index contributed by atoms with van der Waals surface area (Å²) in [5.41, 5.74) is 0.573. The van der Waals surface area contributed by atoms with Crippen molar-refractivity contribution in [2.45, 2.75) is 29.9 Å². The molecule has 2 rings (SSSR count). The molecule has 118 valence electrons. The van der Waals surface area contributed by atoms with Crippen LogP contribution < -0.4 is 10.0 Å². The molecule has 1 saturated carbocycles. The summed E-state index contributed by atoms with van der Waals surface area (Å²) in [6.45, 7) is 0.916. The molecule has 0 heterocycles. The molecule has 1 atom stereocenters. The second kappa shape index (κ2) is 7.22. The molecule has 7 heteroatoms. The number of para-hydroxylation sites is 1. The van der Waals surface area contributed by atoms with E-state index in [1.165, 1.54) is 0 Å². The molecule has 0 saturated heterocycles. The zero-order chi connectivity index (χ0) is 15.3. The summed E-state index contributed by atoms with van der Waals surface area (Å²) >= 11 is 0. The van der Waals surface area contributed by atoms with Crippen LogP contribution in [0.4, 0.5) is 5.69 Å². The SMILES string of the molecule is COCC(CNc1ccccc1S(=O)(=O)NC1CC1)OC. The molecule has 0 radical (unpaired) electrons. The van der Waals surface area contributed by atoms with Gasteiger partial charge in [-0.05, 0) is 25.0 Å². The fraction of sp³-hybridized carbons (Fsp3) is 0.571. The first-order chi connectivity index (χ1) is 10.1. The van der Waals surface area contributed by atoms with Gasteiger partial charge in [-0.1, -0.05) is 12.1 Å². The summed E-state index contributed by atoms with van der Waals surface area (Å²) in [6.07, 6.45) is 1.69. The highest BCUT2D eigenvalue weighted by Crippen LogP contribution is 2.25. The van der Waals surface area contributed by atoms with E-state index in [1.54, 1.807) is 38.5 Å². The zero-order valence-electron chi connectivity index (χ0n) is 12.3. The number of rotatable bonds is 9. The summed E-state index contributed by atoms with van der Waals surface area (Å²) < 4.78 is 37.7. The van der Waals surface area contributed by atoms with Crippen molar-refractivity contribution in [1.29, 1.82) is 0 Å². The van der Waals surface area contributed by atoms with Crippen molar-refractivity contribution >= 4 is 15.7 Å². The summed E-state index contributed by atoms with van der Waals surface area (Å²) in [5.74, 6) is 0. The van der Waals surface area contributed by atoms with Gasteiger partial charge in [0.2, 0.25) is 10.0 Å². The third kappa shape index (κ3) is 4.67. The van der Waals surface area contributed by atoms with E-state index >= 15 is 0 Å². The largest absolute Gasteiger partial charge is 0.382 e. The Morgan fingerprint density at radius 2 is 2.00 bits per heavy atom. The predicted octanol–water partition coefficient (Wildman–Crippen LogP) is 1.20. The zero-order valence-corrected chi connectivity index (χ0v) is 13.2. The second-order valence-electron chi connectivity index (χ2n) is 5.09. The maximum Gasteiger partial charge on any atom is 0.242 e. The monoisotopic (exact) mass is 314 g/mol. The minimum Gasteiger partial charge on any atom is -0.382 e. The van der Waals surface area contributed by atoms with Gasteiger partial charge in [0.15, 0.2) is 0 Å². The smallest absolute Gasteiger partial charge is 0.242 e. The molecule has 2 N–H and O–H groups in total. The van der Waals surface area contributed by atoms with Crippen molar-refractivity contribution in [2.75, 3.05) is 32.7 Å². The first-order valence-electron chi connectivity index (χ1n) is 6.94. The number of methoxy groups -OCH3 is 2. The maximum absolute atomic E-state index is 12.3. The summed E-state index contributed by atoms with van der Waals surface area (Å²) in [4.78, 5) is 0.268. The van der Waals surface area contributed by atoms with Crippen LogP contribution in [0.25, 0.3) is 0 Å². The van der Waals surface area contributed by atoms with Gasteiger partial charge in [0.25, 0.3) is 0 Å². The van der Waals surface area contributed by atoms with Crippen molar-refractivity contribution in [3.63, 3.8) is 0 Å². The molecule has 6 nitrogen and oxygen atoms in total. The quantitative estimate of drug-likeness (QED) is 0.716. The number of benzene rings is 1. The predicted molar refractivity (Wildman–Crippen MR) is 80.9 cm³/mol. The molecule has 0 aromatic heterocycles. The maximum atomic E-state index is 12.3. The molecule has 1 aromatic carbocycles. The van der Waals surface area contributed by atoms with Crippen molar-refractivity contribution < 1.29 is 17.9 Å². The molecule has 1 aliphatic carbocycles. The molecule has 1 aliphatic rings. The third-order valence-electron chi connectivity index (χ3n) is 3.28. The van der Waals surface area contributed by atoms with Crippen molar-refractivity contribution in [2.24, 2.45) is 0 Å². The van der Waals surface area contributed by atoms with E-state index in [0.29, 0.717) is 18.8 Å². The van der Waals surface area contributed by atoms with Crippen LogP contribution in [-0.2, 0) is 19.5 Å². The van der Waals surface area contributed by atoms with Crippen molar-refractivity contribution in [1.82, 2.24) is 4.72 Å². The topological polar surface area (TPSA) is 76.7 Å². The highest BCUT2D eigenvalue weighted by atomic mass is 32.2. The standard InChI is InChI=1S/C14H22N2O4S/c1-19-10-12(20-2)9-15-13-5-3-4-6-14(13)21(17,18)16-11-7-8-11/h3-6,11-12,15-16H,7-10H2,1-2H3. The Bertz CT molecular complexity index is 558. The molecule has 0 amide bonds. The Kier molecular flexibility index (Phi) is 5.58. The van der Waals surface area contributed by atoms with Crippen molar-refractivity contribution in [3.8, 4) is 0 Å². The fourth-order valence-corrected chi connectivity index (χ4v) is 3.44. The van der Waals surface area contributed by atoms with E-state index in [-0.39, 0.29) is 17.0 Å². The molecular formula is C14H22N2O4S. The summed E-state index contributed by atoms with van der Waals surface area (Å²) in [6, 6.07) is 6.96. The fourth-order valence-electron chi connectivity index (χ4n) is 1.95. The molecule has 0 aliphatic heterocycles. The lowest BCUT2D eigenvalue weighted by Gasteiger charge is -2.18. The first kappa shape index (κ1) is 16.2. The van der Waals surface area contributed by atoms with Gasteiger partial charge in [0.05, 0.1) is 18.4 Å². The van der Waals surface area contributed by atoms with Gasteiger partial charge in [0.1, 0.15) is 4.90 Å². The second-order valence-corrected chi connectivity index (χ2v) is 6.77. The Balaban J connectivity index is 2.09. The lowest BCUT2D eigenvalue weighted by Crippen LogP contribution is -2.29. The molecule has 1 aromatic rings. The molecule has 1 fully saturated rings. The Morgan fingerprint density at radius 1 is 1.29 bits per heavy atom. The van der Waals surface area contributed by atoms with Gasteiger partial charge in [0, 0.05) is 26.8 Å². The van der Waals surface area contributed by atoms with Crippen LogP contribution in [0.5, 0.6) is 0 Å². The minimum absolute atomic E-state index is 0.0864. The van der Waals surface area contributed by atoms with Crippen LogP contribution in [0.1, 0.15) is 12.8 Å². The summed E-state index contributed by atoms with van der Waals surface area (Å²) in [7, 11) is -0.278. The number of sulfonamides is 1. The molecule has 0 spiro atoms. The van der Waals surface area contributed by atoms with Gasteiger partial charge in [-0.15, -0.1) is 0 Å². The molecule has 21 heavy (non-hydrogen) atoms. The molecule has 1 unspecified atom stereocenters.